The van der Waals surface area contributed by atoms with Crippen LogP contribution in [0.2, 0.25) is 0 Å². The smallest absolute Gasteiger partial charge is 0.350 e. The van der Waals surface area contributed by atoms with Crippen molar-refractivity contribution in [3.63, 3.8) is 0 Å². The molecular weight excluding hydrogens is 598 g/mol. The summed E-state index contributed by atoms with van der Waals surface area (Å²) in [7, 11) is 0. The summed E-state index contributed by atoms with van der Waals surface area (Å²) in [5.41, 5.74) is 11.9. The SMILES string of the molecule is CC(C)(O/N=C(\C(=O)N[C@@H]1C(=O)N2C(c3nnn[n-]3)=C(C[N+]34CCCC3(CN)CCC4)CS[C@H]12)c1csc(N)n1)C(=O)O. The number of amides is 2. The fourth-order valence-corrected chi connectivity index (χ4v) is 8.64. The number of nitrogen functional groups attached to an aromatic ring is 1. The van der Waals surface area contributed by atoms with Gasteiger partial charge in [-0.1, -0.05) is 5.16 Å². The third-order valence-electron chi connectivity index (χ3n) is 9.06. The first-order valence-electron chi connectivity index (χ1n) is 13.9. The summed E-state index contributed by atoms with van der Waals surface area (Å²) in [4.78, 5) is 49.6. The number of carbonyl (C=O) groups excluding carboxylic acids is 2. The van der Waals surface area contributed by atoms with Crippen LogP contribution in [0.15, 0.2) is 16.1 Å². The highest BCUT2D eigenvalue weighted by molar-refractivity contribution is 8.00. The molecule has 0 saturated carbocycles. The fourth-order valence-electron chi connectivity index (χ4n) is 6.76. The first kappa shape index (κ1) is 29.5. The number of nitrogens with one attached hydrogen (secondary N) is 1. The Labute approximate surface area is 254 Å². The Morgan fingerprint density at radius 2 is 2.09 bits per heavy atom. The molecule has 3 fully saturated rings. The molecule has 4 aliphatic rings. The number of quaternary nitrogens is 1. The van der Waals surface area contributed by atoms with Crippen molar-refractivity contribution in [1.29, 1.82) is 0 Å². The predicted molar refractivity (Wildman–Crippen MR) is 156 cm³/mol. The van der Waals surface area contributed by atoms with Gasteiger partial charge < -0.3 is 36.3 Å². The Morgan fingerprint density at radius 1 is 1.35 bits per heavy atom. The lowest BCUT2D eigenvalue weighted by atomic mass is 9.92. The van der Waals surface area contributed by atoms with Gasteiger partial charge in [-0.15, -0.1) is 23.1 Å². The fraction of sp³-hybridized carbons (Fsp3) is 0.600. The minimum Gasteiger partial charge on any atom is -0.478 e. The molecule has 2 aromatic rings. The van der Waals surface area contributed by atoms with E-state index in [9.17, 15) is 19.5 Å². The van der Waals surface area contributed by atoms with E-state index < -0.39 is 28.9 Å². The maximum atomic E-state index is 13.7. The lowest BCUT2D eigenvalue weighted by Gasteiger charge is -2.52. The minimum atomic E-state index is -1.72. The van der Waals surface area contributed by atoms with E-state index in [2.05, 4.69) is 36.1 Å². The van der Waals surface area contributed by atoms with E-state index in [-0.39, 0.29) is 33.8 Å². The van der Waals surface area contributed by atoms with Crippen LogP contribution in [0.3, 0.4) is 0 Å². The lowest BCUT2D eigenvalue weighted by Crippen LogP contribution is -2.70. The van der Waals surface area contributed by atoms with E-state index in [1.807, 2.05) is 0 Å². The molecule has 6 N–H and O–H groups in total. The van der Waals surface area contributed by atoms with Gasteiger partial charge in [-0.2, -0.15) is 5.21 Å². The number of carboxylic acids is 1. The molecule has 4 aliphatic heterocycles. The molecule has 3 saturated heterocycles. The summed E-state index contributed by atoms with van der Waals surface area (Å²) in [5.74, 6) is -1.50. The van der Waals surface area contributed by atoms with E-state index in [0.29, 0.717) is 18.0 Å². The minimum absolute atomic E-state index is 0.0462. The van der Waals surface area contributed by atoms with E-state index >= 15 is 0 Å². The number of tetrazole rings is 1. The zero-order valence-electron chi connectivity index (χ0n) is 23.7. The van der Waals surface area contributed by atoms with E-state index in [4.69, 9.17) is 16.3 Å². The summed E-state index contributed by atoms with van der Waals surface area (Å²) in [5, 5.41) is 32.8. The van der Waals surface area contributed by atoms with Gasteiger partial charge in [0.05, 0.1) is 24.6 Å². The standard InChI is InChI=1S/C25H33N11O5S2/c1-24(2,22(39)40)41-32-15(14-11-43-23(27)28-14)19(37)29-16-20(38)35-17(18-30-33-34-31-18)13(10-42-21(16)35)9-36-7-3-5-25(36,12-26)6-4-8-36/h11,16,21H,3-10,12,26H2,1-2H3,(H4-,27,28,29,30,31,33,34,37,39,40)/b32-15-/t16-,21-,25?,36?/m1/s1. The Balaban J connectivity index is 1.26. The molecule has 16 nitrogen and oxygen atoms in total. The van der Waals surface area contributed by atoms with Crippen LogP contribution < -0.4 is 21.9 Å². The topological polar surface area (TPSA) is 226 Å². The number of carbonyl (C=O) groups is 3. The van der Waals surface area contributed by atoms with Gasteiger partial charge in [0.2, 0.25) is 5.60 Å². The van der Waals surface area contributed by atoms with Gasteiger partial charge in [0.25, 0.3) is 11.8 Å². The average Bonchev–Trinajstić information content (AvgIpc) is 3.76. The van der Waals surface area contributed by atoms with Crippen molar-refractivity contribution in [2.45, 2.75) is 62.1 Å². The van der Waals surface area contributed by atoms with Gasteiger partial charge in [-0.3, -0.25) is 24.8 Å². The number of aromatic nitrogens is 5. The maximum absolute atomic E-state index is 13.7. The molecule has 0 aromatic carbocycles. The number of anilines is 1. The van der Waals surface area contributed by atoms with Crippen LogP contribution in [0, 0.1) is 0 Å². The largest absolute Gasteiger partial charge is 0.478 e. The molecule has 0 bridgehead atoms. The first-order valence-corrected chi connectivity index (χ1v) is 15.9. The van der Waals surface area contributed by atoms with Crippen molar-refractivity contribution >= 4 is 57.4 Å². The van der Waals surface area contributed by atoms with Crippen LogP contribution in [0.25, 0.3) is 5.70 Å². The number of hydrogen-bond donors (Lipinski definition) is 4. The summed E-state index contributed by atoms with van der Waals surface area (Å²) in [6.07, 6.45) is 4.42. The molecule has 0 spiro atoms. The molecule has 0 aliphatic carbocycles. The van der Waals surface area contributed by atoms with Gasteiger partial charge >= 0.3 is 5.97 Å². The van der Waals surface area contributed by atoms with Gasteiger partial charge in [0.15, 0.2) is 10.8 Å². The summed E-state index contributed by atoms with van der Waals surface area (Å²) >= 11 is 2.62. The molecule has 2 amide bonds. The van der Waals surface area contributed by atoms with Gasteiger partial charge in [0.1, 0.15) is 29.2 Å². The van der Waals surface area contributed by atoms with Crippen molar-refractivity contribution in [2.75, 3.05) is 37.7 Å². The Kier molecular flexibility index (Phi) is 7.42. The lowest BCUT2D eigenvalue weighted by molar-refractivity contribution is -0.945. The predicted octanol–water partition coefficient (Wildman–Crippen LogP) is -0.635. The normalized spacial score (nSPS) is 28.9. The quantitative estimate of drug-likeness (QED) is 0.111. The zero-order valence-corrected chi connectivity index (χ0v) is 25.4. The molecule has 2 aromatic heterocycles. The van der Waals surface area contributed by atoms with Crippen LogP contribution in [-0.2, 0) is 19.2 Å². The number of β-lactam (4-membered cyclic amide) rings is 1. The highest BCUT2D eigenvalue weighted by atomic mass is 32.2. The third-order valence-corrected chi connectivity index (χ3v) is 11.1. The molecule has 43 heavy (non-hydrogen) atoms. The van der Waals surface area contributed by atoms with Gasteiger partial charge in [0, 0.05) is 48.9 Å². The van der Waals surface area contributed by atoms with E-state index in [0.717, 1.165) is 66.7 Å². The number of nitrogens with two attached hydrogens (primary N) is 2. The number of thiazole rings is 1. The number of aliphatic carboxylic acids is 1. The maximum Gasteiger partial charge on any atom is 0.350 e. The van der Waals surface area contributed by atoms with E-state index in [1.165, 1.54) is 19.2 Å². The van der Waals surface area contributed by atoms with Gasteiger partial charge in [-0.05, 0) is 13.8 Å². The summed E-state index contributed by atoms with van der Waals surface area (Å²) < 4.78 is 0.903. The summed E-state index contributed by atoms with van der Waals surface area (Å²) in [6.45, 7) is 6.03. The molecule has 6 rings (SSSR count). The molecule has 2 atom stereocenters. The van der Waals surface area contributed by atoms with Gasteiger partial charge in [-0.25, -0.2) is 9.78 Å². The molecule has 6 heterocycles. The third kappa shape index (κ3) is 4.85. The second-order valence-electron chi connectivity index (χ2n) is 11.8. The van der Waals surface area contributed by atoms with Crippen molar-refractivity contribution in [1.82, 2.24) is 35.8 Å². The van der Waals surface area contributed by atoms with Crippen LogP contribution in [0.4, 0.5) is 5.13 Å². The number of fused-ring (bicyclic) bond motifs is 2. The molecule has 0 unspecified atom stereocenters. The average molecular weight is 632 g/mol. The van der Waals surface area contributed by atoms with Crippen molar-refractivity contribution in [2.24, 2.45) is 10.9 Å². The number of nitrogens with zero attached hydrogens (tertiary/aromatic N) is 8. The Bertz CT molecular complexity index is 1490. The first-order chi connectivity index (χ1) is 20.5. The second-order valence-corrected chi connectivity index (χ2v) is 13.8. The highest BCUT2D eigenvalue weighted by Crippen LogP contribution is 2.49. The monoisotopic (exact) mass is 631 g/mol. The number of rotatable bonds is 10. The highest BCUT2D eigenvalue weighted by Gasteiger charge is 2.59. The Morgan fingerprint density at radius 3 is 2.70 bits per heavy atom. The van der Waals surface area contributed by atoms with Crippen LogP contribution in [0.5, 0.6) is 0 Å². The van der Waals surface area contributed by atoms with Crippen LogP contribution in [0.1, 0.15) is 51.0 Å². The number of thioether (sulfide) groups is 1. The molecular formula is C25H33N11O5S2. The zero-order chi connectivity index (χ0) is 30.6. The summed E-state index contributed by atoms with van der Waals surface area (Å²) in [6, 6.07) is -0.896. The molecule has 18 heteroatoms. The van der Waals surface area contributed by atoms with Crippen molar-refractivity contribution < 1.29 is 28.8 Å². The second kappa shape index (κ2) is 10.8. The molecule has 0 radical (unpaired) electrons. The number of hydrogen-bond acceptors (Lipinski definition) is 13. The van der Waals surface area contributed by atoms with Crippen molar-refractivity contribution in [3.8, 4) is 0 Å². The van der Waals surface area contributed by atoms with Crippen LogP contribution in [-0.4, -0.2) is 113 Å². The molecule has 230 valence electrons. The van der Waals surface area contributed by atoms with Crippen molar-refractivity contribution in [3.05, 3.63) is 22.5 Å². The van der Waals surface area contributed by atoms with E-state index in [1.54, 1.807) is 16.7 Å². The number of carboxylic acid groups (broad SMARTS) is 1. The van der Waals surface area contributed by atoms with Crippen LogP contribution >= 0.6 is 23.1 Å². The Hall–Kier alpha value is -3.61. The number of oxime groups is 1.